The summed E-state index contributed by atoms with van der Waals surface area (Å²) in [5, 5.41) is 6.77. The summed E-state index contributed by atoms with van der Waals surface area (Å²) < 4.78 is 0. The highest BCUT2D eigenvalue weighted by atomic mass is 16.1. The second kappa shape index (κ2) is 6.61. The average molecular weight is 304 g/mol. The first kappa shape index (κ1) is 15.2. The summed E-state index contributed by atoms with van der Waals surface area (Å²) in [5.74, 6) is 0.0395. The lowest BCUT2D eigenvalue weighted by Gasteiger charge is -2.24. The highest BCUT2D eigenvalue weighted by Crippen LogP contribution is 2.35. The van der Waals surface area contributed by atoms with Crippen molar-refractivity contribution in [1.29, 1.82) is 0 Å². The zero-order chi connectivity index (χ0) is 16.2. The molecule has 0 spiro atoms. The standard InChI is InChI=1S/C20H20N2O/c1-15(13-16(2)23)22-20(18-11-7-4-8-12-18)14-19(21-22)17-9-5-3-6-10-17/h3-13,20H,14H2,1-2H3/b15-13+. The van der Waals surface area contributed by atoms with E-state index < -0.39 is 0 Å². The van der Waals surface area contributed by atoms with Gasteiger partial charge in [0, 0.05) is 18.2 Å². The highest BCUT2D eigenvalue weighted by Gasteiger charge is 2.29. The minimum Gasteiger partial charge on any atom is -0.295 e. The summed E-state index contributed by atoms with van der Waals surface area (Å²) in [6, 6.07) is 20.7. The van der Waals surface area contributed by atoms with Gasteiger partial charge in [-0.2, -0.15) is 5.10 Å². The number of rotatable bonds is 4. The van der Waals surface area contributed by atoms with Gasteiger partial charge < -0.3 is 0 Å². The van der Waals surface area contributed by atoms with E-state index in [4.69, 9.17) is 5.10 Å². The Morgan fingerprint density at radius 2 is 1.65 bits per heavy atom. The van der Waals surface area contributed by atoms with Crippen LogP contribution in [0.2, 0.25) is 0 Å². The summed E-state index contributed by atoms with van der Waals surface area (Å²) in [4.78, 5) is 11.5. The van der Waals surface area contributed by atoms with Gasteiger partial charge in [0.15, 0.2) is 5.78 Å². The molecule has 3 nitrogen and oxygen atoms in total. The largest absolute Gasteiger partial charge is 0.295 e. The van der Waals surface area contributed by atoms with Crippen molar-refractivity contribution in [2.75, 3.05) is 0 Å². The predicted octanol–water partition coefficient (Wildman–Crippen LogP) is 4.33. The maximum Gasteiger partial charge on any atom is 0.154 e. The third kappa shape index (κ3) is 3.39. The number of carbonyl (C=O) groups is 1. The number of nitrogens with zero attached hydrogens (tertiary/aromatic N) is 2. The number of carbonyl (C=O) groups excluding carboxylic acids is 1. The third-order valence-electron chi connectivity index (χ3n) is 3.98. The van der Waals surface area contributed by atoms with Gasteiger partial charge >= 0.3 is 0 Å². The number of allylic oxidation sites excluding steroid dienone is 2. The molecule has 0 fully saturated rings. The molecule has 0 saturated heterocycles. The fourth-order valence-corrected chi connectivity index (χ4v) is 2.94. The molecule has 116 valence electrons. The van der Waals surface area contributed by atoms with E-state index in [1.54, 1.807) is 13.0 Å². The fourth-order valence-electron chi connectivity index (χ4n) is 2.94. The monoisotopic (exact) mass is 304 g/mol. The number of ketones is 1. The van der Waals surface area contributed by atoms with E-state index in [-0.39, 0.29) is 11.8 Å². The van der Waals surface area contributed by atoms with Gasteiger partial charge in [0.1, 0.15) is 0 Å². The van der Waals surface area contributed by atoms with E-state index in [2.05, 4.69) is 24.3 Å². The van der Waals surface area contributed by atoms with Crippen molar-refractivity contribution in [3.63, 3.8) is 0 Å². The molecule has 0 radical (unpaired) electrons. The van der Waals surface area contributed by atoms with E-state index in [0.29, 0.717) is 0 Å². The molecule has 0 N–H and O–H groups in total. The van der Waals surface area contributed by atoms with Crippen molar-refractivity contribution in [2.24, 2.45) is 5.10 Å². The minimum atomic E-state index is 0.0395. The van der Waals surface area contributed by atoms with Gasteiger partial charge in [-0.1, -0.05) is 60.7 Å². The molecule has 1 atom stereocenters. The van der Waals surface area contributed by atoms with Crippen LogP contribution in [0.3, 0.4) is 0 Å². The second-order valence-corrected chi connectivity index (χ2v) is 5.78. The quantitative estimate of drug-likeness (QED) is 0.788. The molecule has 0 saturated carbocycles. The Morgan fingerprint density at radius 1 is 1.04 bits per heavy atom. The van der Waals surface area contributed by atoms with Crippen LogP contribution in [-0.4, -0.2) is 16.5 Å². The third-order valence-corrected chi connectivity index (χ3v) is 3.98. The van der Waals surface area contributed by atoms with Gasteiger partial charge in [-0.25, -0.2) is 0 Å². The molecule has 2 aromatic rings. The lowest BCUT2D eigenvalue weighted by Crippen LogP contribution is -2.18. The number of hydrazone groups is 1. The SMILES string of the molecule is CC(=O)/C=C(\C)N1N=C(c2ccccc2)CC1c1ccccc1. The molecule has 0 bridgehead atoms. The Morgan fingerprint density at radius 3 is 2.26 bits per heavy atom. The zero-order valence-electron chi connectivity index (χ0n) is 13.4. The summed E-state index contributed by atoms with van der Waals surface area (Å²) in [7, 11) is 0. The first-order valence-corrected chi connectivity index (χ1v) is 7.81. The normalized spacial score (nSPS) is 18.0. The molecule has 1 unspecified atom stereocenters. The Labute approximate surface area is 136 Å². The van der Waals surface area contributed by atoms with Crippen LogP contribution in [0.4, 0.5) is 0 Å². The maximum absolute atomic E-state index is 11.5. The van der Waals surface area contributed by atoms with Gasteiger partial charge in [0.05, 0.1) is 11.8 Å². The van der Waals surface area contributed by atoms with Gasteiger partial charge in [0.2, 0.25) is 0 Å². The zero-order valence-corrected chi connectivity index (χ0v) is 13.4. The van der Waals surface area contributed by atoms with Crippen LogP contribution in [0.25, 0.3) is 0 Å². The highest BCUT2D eigenvalue weighted by molar-refractivity contribution is 6.02. The van der Waals surface area contributed by atoms with E-state index in [0.717, 1.165) is 23.4 Å². The van der Waals surface area contributed by atoms with E-state index in [1.807, 2.05) is 48.3 Å². The Hall–Kier alpha value is -2.68. The molecule has 1 aliphatic rings. The molecule has 3 rings (SSSR count). The Bertz CT molecular complexity index is 748. The van der Waals surface area contributed by atoms with E-state index in [1.165, 1.54) is 5.56 Å². The fraction of sp³-hybridized carbons (Fsp3) is 0.200. The van der Waals surface area contributed by atoms with Crippen LogP contribution in [0.5, 0.6) is 0 Å². The van der Waals surface area contributed by atoms with Crippen LogP contribution in [-0.2, 0) is 4.79 Å². The molecule has 3 heteroatoms. The Kier molecular flexibility index (Phi) is 4.38. The predicted molar refractivity (Wildman–Crippen MR) is 93.1 cm³/mol. The van der Waals surface area contributed by atoms with E-state index >= 15 is 0 Å². The van der Waals surface area contributed by atoms with Crippen molar-refractivity contribution < 1.29 is 4.79 Å². The molecule has 0 aromatic heterocycles. The maximum atomic E-state index is 11.5. The summed E-state index contributed by atoms with van der Waals surface area (Å²) in [5.41, 5.74) is 4.26. The van der Waals surface area contributed by atoms with Crippen molar-refractivity contribution in [2.45, 2.75) is 26.3 Å². The minimum absolute atomic E-state index is 0.0395. The van der Waals surface area contributed by atoms with Gasteiger partial charge in [-0.15, -0.1) is 0 Å². The molecule has 1 heterocycles. The van der Waals surface area contributed by atoms with E-state index in [9.17, 15) is 4.79 Å². The van der Waals surface area contributed by atoms with Crippen molar-refractivity contribution in [3.8, 4) is 0 Å². The molecule has 2 aromatic carbocycles. The summed E-state index contributed by atoms with van der Waals surface area (Å²) >= 11 is 0. The lowest BCUT2D eigenvalue weighted by molar-refractivity contribution is -0.112. The molecular formula is C20H20N2O. The van der Waals surface area contributed by atoms with Crippen LogP contribution in [0, 0.1) is 0 Å². The first-order chi connectivity index (χ1) is 11.1. The van der Waals surface area contributed by atoms with Gasteiger partial charge in [0.25, 0.3) is 0 Å². The number of benzene rings is 2. The van der Waals surface area contributed by atoms with Crippen LogP contribution in [0.1, 0.15) is 37.4 Å². The molecule has 0 amide bonds. The van der Waals surface area contributed by atoms with Crippen LogP contribution < -0.4 is 0 Å². The number of hydrogen-bond acceptors (Lipinski definition) is 3. The van der Waals surface area contributed by atoms with Crippen LogP contribution in [0.15, 0.2) is 77.5 Å². The summed E-state index contributed by atoms with van der Waals surface area (Å²) in [6.45, 7) is 3.51. The van der Waals surface area contributed by atoms with Crippen molar-refractivity contribution in [1.82, 2.24) is 5.01 Å². The first-order valence-electron chi connectivity index (χ1n) is 7.81. The van der Waals surface area contributed by atoms with Gasteiger partial charge in [-0.3, -0.25) is 9.80 Å². The average Bonchev–Trinajstić information content (AvgIpc) is 3.01. The molecular weight excluding hydrogens is 284 g/mol. The lowest BCUT2D eigenvalue weighted by atomic mass is 9.98. The Balaban J connectivity index is 1.98. The van der Waals surface area contributed by atoms with Gasteiger partial charge in [-0.05, 0) is 25.0 Å². The van der Waals surface area contributed by atoms with Crippen molar-refractivity contribution >= 4 is 11.5 Å². The smallest absolute Gasteiger partial charge is 0.154 e. The molecule has 0 aliphatic carbocycles. The van der Waals surface area contributed by atoms with Crippen LogP contribution >= 0.6 is 0 Å². The number of hydrogen-bond donors (Lipinski definition) is 0. The molecule has 23 heavy (non-hydrogen) atoms. The summed E-state index contributed by atoms with van der Waals surface area (Å²) in [6.07, 6.45) is 2.48. The second-order valence-electron chi connectivity index (χ2n) is 5.78. The topological polar surface area (TPSA) is 32.7 Å². The van der Waals surface area contributed by atoms with Crippen molar-refractivity contribution in [3.05, 3.63) is 83.6 Å². The molecule has 1 aliphatic heterocycles.